The van der Waals surface area contributed by atoms with Crippen LogP contribution in [-0.2, 0) is 9.59 Å². The zero-order valence-corrected chi connectivity index (χ0v) is 11.5. The fourth-order valence-corrected chi connectivity index (χ4v) is 1.63. The van der Waals surface area contributed by atoms with Crippen LogP contribution in [0.4, 0.5) is 10.5 Å². The van der Waals surface area contributed by atoms with Gasteiger partial charge >= 0.3 is 18.0 Å². The minimum atomic E-state index is -1.20. The van der Waals surface area contributed by atoms with Crippen molar-refractivity contribution in [2.45, 2.75) is 25.3 Å². The summed E-state index contributed by atoms with van der Waals surface area (Å²) in [5.74, 6) is -2.20. The van der Waals surface area contributed by atoms with Crippen molar-refractivity contribution < 1.29 is 24.6 Å². The highest BCUT2D eigenvalue weighted by molar-refractivity contribution is 5.93. The minimum absolute atomic E-state index is 0.0499. The number of carbonyl (C=O) groups excluding carboxylic acids is 1. The van der Waals surface area contributed by atoms with E-state index in [0.717, 1.165) is 0 Å². The summed E-state index contributed by atoms with van der Waals surface area (Å²) in [5.41, 5.74) is 0.518. The van der Waals surface area contributed by atoms with Gasteiger partial charge in [0.05, 0.1) is 11.9 Å². The summed E-state index contributed by atoms with van der Waals surface area (Å²) >= 11 is 0. The van der Waals surface area contributed by atoms with Crippen molar-refractivity contribution >= 4 is 23.7 Å². The molecule has 0 radical (unpaired) electrons. The van der Waals surface area contributed by atoms with E-state index in [9.17, 15) is 14.4 Å². The van der Waals surface area contributed by atoms with Crippen LogP contribution in [-0.4, -0.2) is 46.3 Å². The first-order valence-electron chi connectivity index (χ1n) is 6.30. The molecule has 3 N–H and O–H groups in total. The van der Waals surface area contributed by atoms with E-state index >= 15 is 0 Å². The van der Waals surface area contributed by atoms with Gasteiger partial charge in [-0.15, -0.1) is 0 Å². The topological polar surface area (TPSA) is 120 Å². The molecule has 0 saturated heterocycles. The van der Waals surface area contributed by atoms with Crippen LogP contribution in [0.2, 0.25) is 0 Å². The second kappa shape index (κ2) is 7.83. The Hall–Kier alpha value is -2.64. The van der Waals surface area contributed by atoms with Crippen molar-refractivity contribution in [1.82, 2.24) is 10.3 Å². The number of urea groups is 1. The summed E-state index contributed by atoms with van der Waals surface area (Å²) in [4.78, 5) is 38.6. The summed E-state index contributed by atoms with van der Waals surface area (Å²) in [6.07, 6.45) is 3.11. The minimum Gasteiger partial charge on any atom is -0.481 e. The van der Waals surface area contributed by atoms with Crippen LogP contribution in [0.3, 0.4) is 0 Å². The smallest absolute Gasteiger partial charge is 0.326 e. The largest absolute Gasteiger partial charge is 0.481 e. The van der Waals surface area contributed by atoms with Gasteiger partial charge in [-0.2, -0.15) is 0 Å². The number of amides is 2. The second-order valence-electron chi connectivity index (χ2n) is 4.40. The maximum atomic E-state index is 12.0. The predicted molar refractivity (Wildman–Crippen MR) is 74.1 cm³/mol. The summed E-state index contributed by atoms with van der Waals surface area (Å²) in [6, 6.07) is 1.59. The number of carboxylic acid groups (broad SMARTS) is 2. The van der Waals surface area contributed by atoms with Gasteiger partial charge in [-0.25, -0.2) is 9.59 Å². The lowest BCUT2D eigenvalue weighted by atomic mass is 10.1. The number of carboxylic acids is 2. The molecule has 1 aromatic rings. The van der Waals surface area contributed by atoms with Gasteiger partial charge in [0.2, 0.25) is 0 Å². The quantitative estimate of drug-likeness (QED) is 0.688. The number of aliphatic carboxylic acids is 2. The molecule has 0 aliphatic carbocycles. The third-order valence-corrected chi connectivity index (χ3v) is 2.82. The lowest BCUT2D eigenvalue weighted by Gasteiger charge is -2.21. The molecular formula is C13H17N3O5. The van der Waals surface area contributed by atoms with Gasteiger partial charge in [-0.05, 0) is 25.0 Å². The fraction of sp³-hybridized carbons (Fsp3) is 0.385. The average molecular weight is 295 g/mol. The Morgan fingerprint density at radius 1 is 1.38 bits per heavy atom. The molecule has 2 amide bonds. The Labute approximate surface area is 121 Å². The molecule has 8 nitrogen and oxygen atoms in total. The standard InChI is InChI=1S/C13H17N3O5/c1-16(9-4-3-7-14-8-9)13(21)15-10(12(19)20)5-2-6-11(17)18/h3-4,7-8,10H,2,5-6H2,1H3,(H,15,21)(H,17,18)(H,19,20)/t10-/m1/s1. The SMILES string of the molecule is CN(C(=O)N[C@H](CCCC(=O)O)C(=O)O)c1cccnc1. The Morgan fingerprint density at radius 3 is 2.62 bits per heavy atom. The molecule has 0 aliphatic heterocycles. The summed E-state index contributed by atoms with van der Waals surface area (Å²) in [6.45, 7) is 0. The molecule has 8 heteroatoms. The zero-order chi connectivity index (χ0) is 15.8. The normalized spacial score (nSPS) is 11.5. The molecule has 1 rings (SSSR count). The van der Waals surface area contributed by atoms with Crippen LogP contribution < -0.4 is 10.2 Å². The molecule has 0 saturated carbocycles. The maximum Gasteiger partial charge on any atom is 0.326 e. The van der Waals surface area contributed by atoms with Crippen LogP contribution >= 0.6 is 0 Å². The Kier molecular flexibility index (Phi) is 6.12. The number of pyridine rings is 1. The molecule has 0 aliphatic rings. The molecule has 0 aromatic carbocycles. The first-order chi connectivity index (χ1) is 9.91. The van der Waals surface area contributed by atoms with Crippen LogP contribution in [0.25, 0.3) is 0 Å². The van der Waals surface area contributed by atoms with Gasteiger partial charge in [0.15, 0.2) is 0 Å². The number of carbonyl (C=O) groups is 3. The van der Waals surface area contributed by atoms with E-state index in [0.29, 0.717) is 5.69 Å². The lowest BCUT2D eigenvalue weighted by molar-refractivity contribution is -0.140. The van der Waals surface area contributed by atoms with Crippen LogP contribution in [0.15, 0.2) is 24.5 Å². The van der Waals surface area contributed by atoms with Gasteiger partial charge in [-0.3, -0.25) is 14.7 Å². The number of hydrogen-bond donors (Lipinski definition) is 3. The van der Waals surface area contributed by atoms with E-state index in [1.165, 1.54) is 18.1 Å². The van der Waals surface area contributed by atoms with E-state index in [2.05, 4.69) is 10.3 Å². The number of rotatable bonds is 7. The average Bonchev–Trinajstić information content (AvgIpc) is 2.45. The van der Waals surface area contributed by atoms with Gasteiger partial charge in [0, 0.05) is 19.7 Å². The van der Waals surface area contributed by atoms with E-state index in [1.807, 2.05) is 0 Å². The Balaban J connectivity index is 2.60. The molecule has 0 unspecified atom stereocenters. The first-order valence-corrected chi connectivity index (χ1v) is 6.30. The van der Waals surface area contributed by atoms with Gasteiger partial charge in [0.25, 0.3) is 0 Å². The van der Waals surface area contributed by atoms with Crippen LogP contribution in [0.1, 0.15) is 19.3 Å². The summed E-state index contributed by atoms with van der Waals surface area (Å²) in [7, 11) is 1.49. The molecule has 1 atom stereocenters. The van der Waals surface area contributed by atoms with Gasteiger partial charge < -0.3 is 15.5 Å². The van der Waals surface area contributed by atoms with Crippen molar-refractivity contribution in [3.05, 3.63) is 24.5 Å². The molecule has 114 valence electrons. The molecule has 1 aromatic heterocycles. The maximum absolute atomic E-state index is 12.0. The summed E-state index contributed by atoms with van der Waals surface area (Å²) in [5, 5.41) is 19.9. The number of nitrogens with one attached hydrogen (secondary N) is 1. The zero-order valence-electron chi connectivity index (χ0n) is 11.5. The Morgan fingerprint density at radius 2 is 2.10 bits per heavy atom. The molecule has 1 heterocycles. The van der Waals surface area contributed by atoms with Gasteiger partial charge in [-0.1, -0.05) is 0 Å². The molecule has 0 fully saturated rings. The first kappa shape index (κ1) is 16.4. The third-order valence-electron chi connectivity index (χ3n) is 2.82. The van der Waals surface area contributed by atoms with Crippen molar-refractivity contribution in [3.8, 4) is 0 Å². The summed E-state index contributed by atoms with van der Waals surface area (Å²) < 4.78 is 0. The van der Waals surface area contributed by atoms with E-state index in [4.69, 9.17) is 10.2 Å². The van der Waals surface area contributed by atoms with Crippen molar-refractivity contribution in [1.29, 1.82) is 0 Å². The van der Waals surface area contributed by atoms with Crippen molar-refractivity contribution in [3.63, 3.8) is 0 Å². The number of nitrogens with zero attached hydrogens (tertiary/aromatic N) is 2. The van der Waals surface area contributed by atoms with E-state index < -0.39 is 24.0 Å². The molecule has 0 spiro atoms. The Bertz CT molecular complexity index is 506. The molecule has 0 bridgehead atoms. The van der Waals surface area contributed by atoms with Crippen molar-refractivity contribution in [2.75, 3.05) is 11.9 Å². The predicted octanol–water partition coefficient (Wildman–Crippen LogP) is 0.935. The monoisotopic (exact) mass is 295 g/mol. The second-order valence-corrected chi connectivity index (χ2v) is 4.40. The van der Waals surface area contributed by atoms with Crippen LogP contribution in [0.5, 0.6) is 0 Å². The number of aromatic nitrogens is 1. The third kappa shape index (κ3) is 5.47. The van der Waals surface area contributed by atoms with Gasteiger partial charge in [0.1, 0.15) is 6.04 Å². The highest BCUT2D eigenvalue weighted by atomic mass is 16.4. The fourth-order valence-electron chi connectivity index (χ4n) is 1.63. The molecule has 21 heavy (non-hydrogen) atoms. The highest BCUT2D eigenvalue weighted by Crippen LogP contribution is 2.10. The molecular weight excluding hydrogens is 278 g/mol. The lowest BCUT2D eigenvalue weighted by Crippen LogP contribution is -2.46. The van der Waals surface area contributed by atoms with E-state index in [1.54, 1.807) is 18.3 Å². The number of hydrogen-bond acceptors (Lipinski definition) is 4. The van der Waals surface area contributed by atoms with Crippen LogP contribution in [0, 0.1) is 0 Å². The van der Waals surface area contributed by atoms with E-state index in [-0.39, 0.29) is 19.3 Å². The number of anilines is 1. The van der Waals surface area contributed by atoms with Crippen molar-refractivity contribution in [2.24, 2.45) is 0 Å². The highest BCUT2D eigenvalue weighted by Gasteiger charge is 2.22.